The number of hydrogen-bond acceptors (Lipinski definition) is 4. The van der Waals surface area contributed by atoms with Gasteiger partial charge in [-0.2, -0.15) is 0 Å². The predicted octanol–water partition coefficient (Wildman–Crippen LogP) is 3.73. The van der Waals surface area contributed by atoms with E-state index in [-0.39, 0.29) is 5.91 Å². The van der Waals surface area contributed by atoms with E-state index in [1.54, 1.807) is 31.4 Å². The Hall–Kier alpha value is -3.26. The van der Waals surface area contributed by atoms with Crippen molar-refractivity contribution < 1.29 is 17.9 Å². The van der Waals surface area contributed by atoms with Gasteiger partial charge in [0.05, 0.1) is 18.9 Å². The van der Waals surface area contributed by atoms with E-state index in [9.17, 15) is 13.2 Å². The van der Waals surface area contributed by atoms with Gasteiger partial charge in [0, 0.05) is 28.5 Å². The second-order valence-electron chi connectivity index (χ2n) is 6.72. The smallest absolute Gasteiger partial charge is 0.257 e. The van der Waals surface area contributed by atoms with Gasteiger partial charge >= 0.3 is 0 Å². The van der Waals surface area contributed by atoms with Crippen molar-refractivity contribution in [2.24, 2.45) is 0 Å². The van der Waals surface area contributed by atoms with E-state index in [1.807, 2.05) is 48.7 Å². The highest BCUT2D eigenvalue weighted by Crippen LogP contribution is 2.24. The van der Waals surface area contributed by atoms with Crippen molar-refractivity contribution in [1.29, 1.82) is 0 Å². The molecule has 3 rings (SSSR count). The number of anilines is 2. The van der Waals surface area contributed by atoms with Gasteiger partial charge in [0.2, 0.25) is 10.0 Å². The number of rotatable bonds is 6. The summed E-state index contributed by atoms with van der Waals surface area (Å²) in [6.45, 7) is 3.84. The molecule has 0 aliphatic heterocycles. The first-order valence-corrected chi connectivity index (χ1v) is 10.8. The fourth-order valence-corrected chi connectivity index (χ4v) is 3.72. The van der Waals surface area contributed by atoms with E-state index in [4.69, 9.17) is 4.74 Å². The average molecular weight is 413 g/mol. The standard InChI is InChI=1S/C21H23N3O4S/c1-14-13-20(15(2)24(14)18-9-11-19(28-3)12-10-18)21(25)22-16-5-7-17(8-6-16)23-29(4,26)27/h5-13,23H,1-4H3,(H,22,25). The van der Waals surface area contributed by atoms with Crippen molar-refractivity contribution in [1.82, 2.24) is 4.57 Å². The van der Waals surface area contributed by atoms with Crippen molar-refractivity contribution in [3.05, 3.63) is 71.5 Å². The highest BCUT2D eigenvalue weighted by atomic mass is 32.2. The second kappa shape index (κ2) is 8.00. The van der Waals surface area contributed by atoms with E-state index in [2.05, 4.69) is 10.0 Å². The average Bonchev–Trinajstić information content (AvgIpc) is 2.96. The Balaban J connectivity index is 1.81. The second-order valence-corrected chi connectivity index (χ2v) is 8.47. The molecule has 0 radical (unpaired) electrons. The van der Waals surface area contributed by atoms with Gasteiger partial charge in [-0.25, -0.2) is 8.42 Å². The van der Waals surface area contributed by atoms with Crippen LogP contribution in [-0.4, -0.2) is 32.3 Å². The fraction of sp³-hybridized carbons (Fsp3) is 0.190. The van der Waals surface area contributed by atoms with Gasteiger partial charge in [0.15, 0.2) is 0 Å². The summed E-state index contributed by atoms with van der Waals surface area (Å²) in [7, 11) is -1.72. The van der Waals surface area contributed by atoms with Crippen molar-refractivity contribution in [3.8, 4) is 11.4 Å². The molecular weight excluding hydrogens is 390 g/mol. The molecule has 1 amide bonds. The van der Waals surface area contributed by atoms with Crippen LogP contribution in [0.3, 0.4) is 0 Å². The largest absolute Gasteiger partial charge is 0.497 e. The number of aromatic nitrogens is 1. The zero-order chi connectivity index (χ0) is 21.2. The highest BCUT2D eigenvalue weighted by Gasteiger charge is 2.17. The molecule has 0 bridgehead atoms. The molecule has 29 heavy (non-hydrogen) atoms. The molecule has 0 unspecified atom stereocenters. The number of ether oxygens (including phenoxy) is 1. The Morgan fingerprint density at radius 3 is 2.10 bits per heavy atom. The van der Waals surface area contributed by atoms with Gasteiger partial charge < -0.3 is 14.6 Å². The van der Waals surface area contributed by atoms with Gasteiger partial charge in [-0.3, -0.25) is 9.52 Å². The molecule has 0 aliphatic carbocycles. The topological polar surface area (TPSA) is 89.4 Å². The minimum Gasteiger partial charge on any atom is -0.497 e. The molecule has 0 spiro atoms. The van der Waals surface area contributed by atoms with Crippen LogP contribution in [0.5, 0.6) is 5.75 Å². The zero-order valence-corrected chi connectivity index (χ0v) is 17.5. The molecule has 152 valence electrons. The summed E-state index contributed by atoms with van der Waals surface area (Å²) in [6, 6.07) is 16.0. The van der Waals surface area contributed by atoms with Gasteiger partial charge in [-0.1, -0.05) is 0 Å². The molecule has 0 saturated heterocycles. The zero-order valence-electron chi connectivity index (χ0n) is 16.7. The maximum Gasteiger partial charge on any atom is 0.257 e. The number of sulfonamides is 1. The third-order valence-electron chi connectivity index (χ3n) is 4.45. The number of nitrogens with zero attached hydrogens (tertiary/aromatic N) is 1. The van der Waals surface area contributed by atoms with Crippen molar-refractivity contribution in [3.63, 3.8) is 0 Å². The minimum absolute atomic E-state index is 0.235. The number of nitrogens with one attached hydrogen (secondary N) is 2. The monoisotopic (exact) mass is 413 g/mol. The van der Waals surface area contributed by atoms with E-state index < -0.39 is 10.0 Å². The SMILES string of the molecule is COc1ccc(-n2c(C)cc(C(=O)Nc3ccc(NS(C)(=O)=O)cc3)c2C)cc1. The number of carbonyl (C=O) groups excluding carboxylic acids is 1. The van der Waals surface area contributed by atoms with Crippen LogP contribution in [0.4, 0.5) is 11.4 Å². The van der Waals surface area contributed by atoms with Crippen LogP contribution >= 0.6 is 0 Å². The summed E-state index contributed by atoms with van der Waals surface area (Å²) in [5, 5.41) is 2.85. The molecule has 7 nitrogen and oxygen atoms in total. The van der Waals surface area contributed by atoms with E-state index in [0.29, 0.717) is 16.9 Å². The highest BCUT2D eigenvalue weighted by molar-refractivity contribution is 7.92. The molecule has 3 aromatic rings. The number of aryl methyl sites for hydroxylation is 1. The van der Waals surface area contributed by atoms with Gasteiger partial charge in [-0.15, -0.1) is 0 Å². The first-order chi connectivity index (χ1) is 13.7. The van der Waals surface area contributed by atoms with E-state index in [1.165, 1.54) is 0 Å². The van der Waals surface area contributed by atoms with Gasteiger partial charge in [-0.05, 0) is 68.4 Å². The third-order valence-corrected chi connectivity index (χ3v) is 5.06. The van der Waals surface area contributed by atoms with Crippen molar-refractivity contribution in [2.75, 3.05) is 23.4 Å². The number of amides is 1. The summed E-state index contributed by atoms with van der Waals surface area (Å²) in [6.07, 6.45) is 1.08. The lowest BCUT2D eigenvalue weighted by atomic mass is 10.2. The summed E-state index contributed by atoms with van der Waals surface area (Å²) < 4.78 is 32.2. The van der Waals surface area contributed by atoms with Crippen molar-refractivity contribution in [2.45, 2.75) is 13.8 Å². The van der Waals surface area contributed by atoms with Crippen LogP contribution in [0.1, 0.15) is 21.7 Å². The lowest BCUT2D eigenvalue weighted by Crippen LogP contribution is -2.13. The van der Waals surface area contributed by atoms with Crippen molar-refractivity contribution >= 4 is 27.3 Å². The van der Waals surface area contributed by atoms with E-state index >= 15 is 0 Å². The maximum atomic E-state index is 12.8. The normalized spacial score (nSPS) is 11.2. The molecule has 1 aromatic heterocycles. The lowest BCUT2D eigenvalue weighted by Gasteiger charge is -2.11. The number of hydrogen-bond donors (Lipinski definition) is 2. The molecule has 0 atom stereocenters. The van der Waals surface area contributed by atoms with Gasteiger partial charge in [0.25, 0.3) is 5.91 Å². The molecule has 0 fully saturated rings. The van der Waals surface area contributed by atoms with Crippen LogP contribution in [-0.2, 0) is 10.0 Å². The molecule has 8 heteroatoms. The van der Waals surface area contributed by atoms with Crippen LogP contribution in [0, 0.1) is 13.8 Å². The Kier molecular flexibility index (Phi) is 5.65. The Labute approximate surface area is 170 Å². The third kappa shape index (κ3) is 4.78. The maximum absolute atomic E-state index is 12.8. The molecule has 2 aromatic carbocycles. The van der Waals surface area contributed by atoms with Crippen LogP contribution in [0.15, 0.2) is 54.6 Å². The van der Waals surface area contributed by atoms with Gasteiger partial charge in [0.1, 0.15) is 5.75 Å². The van der Waals surface area contributed by atoms with Crippen LogP contribution in [0.25, 0.3) is 5.69 Å². The quantitative estimate of drug-likeness (QED) is 0.644. The number of methoxy groups -OCH3 is 1. The number of benzene rings is 2. The molecule has 0 aliphatic rings. The fourth-order valence-electron chi connectivity index (χ4n) is 3.16. The summed E-state index contributed by atoms with van der Waals surface area (Å²) in [5.41, 5.74) is 4.27. The Bertz CT molecular complexity index is 1130. The lowest BCUT2D eigenvalue weighted by molar-refractivity contribution is 0.102. The molecule has 2 N–H and O–H groups in total. The van der Waals surface area contributed by atoms with E-state index in [0.717, 1.165) is 29.1 Å². The summed E-state index contributed by atoms with van der Waals surface area (Å²) in [4.78, 5) is 12.8. The number of carbonyl (C=O) groups is 1. The minimum atomic E-state index is -3.34. The first-order valence-electron chi connectivity index (χ1n) is 8.90. The summed E-state index contributed by atoms with van der Waals surface area (Å²) >= 11 is 0. The molecule has 0 saturated carbocycles. The Morgan fingerprint density at radius 1 is 0.966 bits per heavy atom. The van der Waals surface area contributed by atoms with Crippen LogP contribution < -0.4 is 14.8 Å². The molecule has 1 heterocycles. The Morgan fingerprint density at radius 2 is 1.55 bits per heavy atom. The molecular formula is C21H23N3O4S. The predicted molar refractivity (Wildman–Crippen MR) is 115 cm³/mol. The van der Waals surface area contributed by atoms with Crippen LogP contribution in [0.2, 0.25) is 0 Å². The first kappa shape index (κ1) is 20.5. The summed E-state index contributed by atoms with van der Waals surface area (Å²) in [5.74, 6) is 0.532.